The third-order valence-electron chi connectivity index (χ3n) is 5.99. The molecule has 0 aromatic heterocycles. The fourth-order valence-electron chi connectivity index (χ4n) is 3.80. The van der Waals surface area contributed by atoms with Gasteiger partial charge in [0.15, 0.2) is 0 Å². The van der Waals surface area contributed by atoms with E-state index in [9.17, 15) is 4.79 Å². The molecular formula is C31H48O3. The van der Waals surface area contributed by atoms with Gasteiger partial charge in [0.1, 0.15) is 5.75 Å². The SMILES string of the molecule is CCCCCCCCOc1c(C(C)=CC=C/C(C)=C/C(=O)O)cc(C(C)(C)C)cc1C(C)(C)C. The first kappa shape index (κ1) is 29.7. The number of unbranched alkanes of at least 4 members (excludes halogenated alkanes) is 5. The normalized spacial score (nSPS) is 13.6. The topological polar surface area (TPSA) is 46.5 Å². The molecular weight excluding hydrogens is 420 g/mol. The van der Waals surface area contributed by atoms with E-state index in [0.29, 0.717) is 5.57 Å². The van der Waals surface area contributed by atoms with E-state index in [4.69, 9.17) is 9.84 Å². The number of hydrogen-bond acceptors (Lipinski definition) is 2. The van der Waals surface area contributed by atoms with Gasteiger partial charge in [-0.15, -0.1) is 0 Å². The molecule has 0 bridgehead atoms. The van der Waals surface area contributed by atoms with E-state index < -0.39 is 5.97 Å². The van der Waals surface area contributed by atoms with Crippen molar-refractivity contribution in [2.75, 3.05) is 6.61 Å². The van der Waals surface area contributed by atoms with Crippen LogP contribution in [0.2, 0.25) is 0 Å². The average Bonchev–Trinajstić information content (AvgIpc) is 2.70. The minimum Gasteiger partial charge on any atom is -0.493 e. The molecule has 0 atom stereocenters. The summed E-state index contributed by atoms with van der Waals surface area (Å²) in [5.74, 6) is 0.0509. The van der Waals surface area contributed by atoms with Crippen molar-refractivity contribution in [3.63, 3.8) is 0 Å². The van der Waals surface area contributed by atoms with Crippen LogP contribution in [-0.2, 0) is 15.6 Å². The number of carboxylic acid groups (broad SMARTS) is 1. The van der Waals surface area contributed by atoms with Crippen LogP contribution in [0.15, 0.2) is 42.0 Å². The Balaban J connectivity index is 3.37. The van der Waals surface area contributed by atoms with E-state index >= 15 is 0 Å². The summed E-state index contributed by atoms with van der Waals surface area (Å²) in [7, 11) is 0. The summed E-state index contributed by atoms with van der Waals surface area (Å²) in [5.41, 5.74) is 5.42. The van der Waals surface area contributed by atoms with Gasteiger partial charge >= 0.3 is 5.97 Å². The van der Waals surface area contributed by atoms with E-state index in [1.807, 2.05) is 18.2 Å². The van der Waals surface area contributed by atoms with Gasteiger partial charge in [-0.2, -0.15) is 0 Å². The van der Waals surface area contributed by atoms with Crippen LogP contribution in [0.4, 0.5) is 0 Å². The molecule has 34 heavy (non-hydrogen) atoms. The second kappa shape index (κ2) is 13.6. The van der Waals surface area contributed by atoms with Crippen LogP contribution < -0.4 is 4.74 Å². The third-order valence-corrected chi connectivity index (χ3v) is 5.99. The molecule has 0 heterocycles. The van der Waals surface area contributed by atoms with Crippen molar-refractivity contribution in [3.05, 3.63) is 58.7 Å². The first-order valence-electron chi connectivity index (χ1n) is 12.9. The molecule has 1 aromatic carbocycles. The Morgan fingerprint density at radius 2 is 1.56 bits per heavy atom. The highest BCUT2D eigenvalue weighted by Crippen LogP contribution is 2.41. The summed E-state index contributed by atoms with van der Waals surface area (Å²) in [6.45, 7) is 20.3. The molecule has 0 saturated heterocycles. The van der Waals surface area contributed by atoms with Crippen molar-refractivity contribution in [1.29, 1.82) is 0 Å². The van der Waals surface area contributed by atoms with Crippen molar-refractivity contribution < 1.29 is 14.6 Å². The number of rotatable bonds is 12. The van der Waals surface area contributed by atoms with E-state index in [1.165, 1.54) is 49.3 Å². The molecule has 0 unspecified atom stereocenters. The number of ether oxygens (including phenoxy) is 1. The summed E-state index contributed by atoms with van der Waals surface area (Å²) in [5, 5.41) is 8.94. The molecule has 0 spiro atoms. The summed E-state index contributed by atoms with van der Waals surface area (Å²) < 4.78 is 6.52. The second-order valence-corrected chi connectivity index (χ2v) is 11.5. The van der Waals surface area contributed by atoms with Gasteiger partial charge in [0, 0.05) is 17.2 Å². The fraction of sp³-hybridized carbons (Fsp3) is 0.581. The molecule has 0 aliphatic heterocycles. The summed E-state index contributed by atoms with van der Waals surface area (Å²) >= 11 is 0. The number of benzene rings is 1. The van der Waals surface area contributed by atoms with Crippen molar-refractivity contribution in [1.82, 2.24) is 0 Å². The van der Waals surface area contributed by atoms with Gasteiger partial charge in [-0.05, 0) is 53.9 Å². The molecule has 0 amide bonds. The number of carboxylic acids is 1. The van der Waals surface area contributed by atoms with E-state index in [1.54, 1.807) is 6.92 Å². The lowest BCUT2D eigenvalue weighted by molar-refractivity contribution is -0.131. The van der Waals surface area contributed by atoms with E-state index in [0.717, 1.165) is 29.9 Å². The van der Waals surface area contributed by atoms with Gasteiger partial charge in [-0.1, -0.05) is 105 Å². The zero-order valence-electron chi connectivity index (χ0n) is 23.2. The van der Waals surface area contributed by atoms with Gasteiger partial charge in [-0.25, -0.2) is 4.79 Å². The highest BCUT2D eigenvalue weighted by atomic mass is 16.5. The number of carbonyl (C=O) groups is 1. The quantitative estimate of drug-likeness (QED) is 0.189. The second-order valence-electron chi connectivity index (χ2n) is 11.5. The van der Waals surface area contributed by atoms with E-state index in [2.05, 4.69) is 67.5 Å². The predicted molar refractivity (Wildman–Crippen MR) is 147 cm³/mol. The largest absolute Gasteiger partial charge is 0.493 e. The number of hydrogen-bond donors (Lipinski definition) is 1. The van der Waals surface area contributed by atoms with E-state index in [-0.39, 0.29) is 10.8 Å². The Bertz CT molecular complexity index is 886. The molecule has 0 aliphatic carbocycles. The van der Waals surface area contributed by atoms with Gasteiger partial charge in [-0.3, -0.25) is 0 Å². The van der Waals surface area contributed by atoms with Gasteiger partial charge < -0.3 is 9.84 Å². The molecule has 0 saturated carbocycles. The average molecular weight is 469 g/mol. The lowest BCUT2D eigenvalue weighted by atomic mass is 9.78. The van der Waals surface area contributed by atoms with Crippen LogP contribution in [0.3, 0.4) is 0 Å². The molecule has 1 aromatic rings. The maximum absolute atomic E-state index is 10.9. The molecule has 0 radical (unpaired) electrons. The molecule has 3 heteroatoms. The van der Waals surface area contributed by atoms with Crippen LogP contribution in [0.25, 0.3) is 5.57 Å². The predicted octanol–water partition coefficient (Wildman–Crippen LogP) is 9.01. The molecule has 1 N–H and O–H groups in total. The van der Waals surface area contributed by atoms with Gasteiger partial charge in [0.05, 0.1) is 6.61 Å². The highest BCUT2D eigenvalue weighted by Gasteiger charge is 2.26. The van der Waals surface area contributed by atoms with Crippen molar-refractivity contribution in [3.8, 4) is 5.75 Å². The lowest BCUT2D eigenvalue weighted by Crippen LogP contribution is -2.19. The fourth-order valence-corrected chi connectivity index (χ4v) is 3.80. The molecule has 190 valence electrons. The summed E-state index contributed by atoms with van der Waals surface area (Å²) in [6, 6.07) is 4.59. The van der Waals surface area contributed by atoms with Gasteiger partial charge in [0.2, 0.25) is 0 Å². The lowest BCUT2D eigenvalue weighted by Gasteiger charge is -2.29. The Morgan fingerprint density at radius 1 is 0.941 bits per heavy atom. The standard InChI is InChI=1S/C31H48O3/c1-10-11-12-13-14-15-19-34-29-26(24(3)18-16-17-23(2)20-28(32)33)21-25(30(4,5)6)22-27(29)31(7,8)9/h16-18,20-22H,10-15,19H2,1-9H3,(H,32,33)/b17-16?,23-20+,24-18?. The monoisotopic (exact) mass is 468 g/mol. The first-order chi connectivity index (χ1) is 15.8. The number of aliphatic carboxylic acids is 1. The van der Waals surface area contributed by atoms with Crippen LogP contribution in [-0.4, -0.2) is 17.7 Å². The number of allylic oxidation sites excluding steroid dienone is 5. The zero-order valence-corrected chi connectivity index (χ0v) is 23.2. The molecule has 3 nitrogen and oxygen atoms in total. The third kappa shape index (κ3) is 10.3. The van der Waals surface area contributed by atoms with Gasteiger partial charge in [0.25, 0.3) is 0 Å². The van der Waals surface area contributed by atoms with Crippen LogP contribution in [0.5, 0.6) is 5.75 Å². The van der Waals surface area contributed by atoms with Crippen LogP contribution in [0.1, 0.15) is 118 Å². The Labute approximate surface area is 209 Å². The highest BCUT2D eigenvalue weighted by molar-refractivity contribution is 5.81. The Kier molecular flexibility index (Phi) is 11.9. The molecule has 1 rings (SSSR count). The van der Waals surface area contributed by atoms with Crippen LogP contribution in [0, 0.1) is 0 Å². The molecule has 0 aliphatic rings. The smallest absolute Gasteiger partial charge is 0.328 e. The zero-order chi connectivity index (χ0) is 25.9. The minimum atomic E-state index is -0.930. The van der Waals surface area contributed by atoms with Crippen molar-refractivity contribution in [2.45, 2.75) is 112 Å². The molecule has 0 fully saturated rings. The summed E-state index contributed by atoms with van der Waals surface area (Å²) in [4.78, 5) is 10.9. The maximum Gasteiger partial charge on any atom is 0.328 e. The minimum absolute atomic E-state index is 0.0174. The summed E-state index contributed by atoms with van der Waals surface area (Å²) in [6.07, 6.45) is 14.4. The first-order valence-corrected chi connectivity index (χ1v) is 12.9. The Hall–Kier alpha value is -2.29. The maximum atomic E-state index is 10.9. The Morgan fingerprint density at radius 3 is 2.12 bits per heavy atom. The van der Waals surface area contributed by atoms with Crippen LogP contribution >= 0.6 is 0 Å². The van der Waals surface area contributed by atoms with Crippen molar-refractivity contribution in [2.24, 2.45) is 0 Å². The van der Waals surface area contributed by atoms with Crippen molar-refractivity contribution >= 4 is 11.5 Å².